The highest BCUT2D eigenvalue weighted by Crippen LogP contribution is 2.40. The fourth-order valence-electron chi connectivity index (χ4n) is 2.62. The van der Waals surface area contributed by atoms with Gasteiger partial charge >= 0.3 is 12.4 Å². The van der Waals surface area contributed by atoms with Gasteiger partial charge in [0.05, 0.1) is 16.8 Å². The zero-order valence-electron chi connectivity index (χ0n) is 14.0. The van der Waals surface area contributed by atoms with Gasteiger partial charge in [0.1, 0.15) is 5.82 Å². The summed E-state index contributed by atoms with van der Waals surface area (Å²) in [4.78, 5) is 14.9. The Kier molecular flexibility index (Phi) is 5.08. The Bertz CT molecular complexity index is 1040. The van der Waals surface area contributed by atoms with Gasteiger partial charge in [0.15, 0.2) is 12.0 Å². The first kappa shape index (κ1) is 20.7. The van der Waals surface area contributed by atoms with E-state index in [1.165, 1.54) is 24.3 Å². The average Bonchev–Trinajstić information content (AvgIpc) is 2.97. The van der Waals surface area contributed by atoms with Gasteiger partial charge in [-0.25, -0.2) is 4.98 Å². The number of hydrogen-bond acceptors (Lipinski definition) is 3. The fraction of sp³-hybridized carbons (Fsp3) is 0.111. The van der Waals surface area contributed by atoms with E-state index in [-0.39, 0.29) is 18.0 Å². The second-order valence-corrected chi connectivity index (χ2v) is 6.30. The number of hydrogen-bond donors (Lipinski definition) is 1. The molecule has 1 heterocycles. The standard InChI is InChI=1S/C18H9ClF6N2O2/c19-12-1-3-13(4-2-12)27-15(26-14(8-28)16(27)29)9-5-10(17(20,21)22)7-11(6-9)18(23,24)25/h1-8,29H. The molecule has 152 valence electrons. The molecule has 0 atom stereocenters. The van der Waals surface area contributed by atoms with Crippen LogP contribution in [0.4, 0.5) is 26.3 Å². The minimum Gasteiger partial charge on any atom is -0.493 e. The quantitative estimate of drug-likeness (QED) is 0.422. The third kappa shape index (κ3) is 4.07. The number of rotatable bonds is 3. The van der Waals surface area contributed by atoms with Crippen molar-refractivity contribution in [1.82, 2.24) is 9.55 Å². The molecule has 0 unspecified atom stereocenters. The lowest BCUT2D eigenvalue weighted by Gasteiger charge is -2.15. The van der Waals surface area contributed by atoms with Crippen molar-refractivity contribution >= 4 is 17.9 Å². The summed E-state index contributed by atoms with van der Waals surface area (Å²) < 4.78 is 79.8. The molecule has 11 heteroatoms. The minimum atomic E-state index is -5.07. The number of carbonyl (C=O) groups is 1. The molecule has 0 radical (unpaired) electrons. The van der Waals surface area contributed by atoms with Crippen molar-refractivity contribution in [2.45, 2.75) is 12.4 Å². The summed E-state index contributed by atoms with van der Waals surface area (Å²) >= 11 is 5.78. The van der Waals surface area contributed by atoms with Gasteiger partial charge in [-0.05, 0) is 42.5 Å². The summed E-state index contributed by atoms with van der Waals surface area (Å²) in [5, 5.41) is 10.5. The highest BCUT2D eigenvalue weighted by molar-refractivity contribution is 6.30. The Balaban J connectivity index is 2.33. The minimum absolute atomic E-state index is 0.0282. The van der Waals surface area contributed by atoms with Crippen LogP contribution >= 0.6 is 11.6 Å². The number of benzene rings is 2. The van der Waals surface area contributed by atoms with Crippen molar-refractivity contribution in [3.63, 3.8) is 0 Å². The number of aromatic hydroxyl groups is 1. The van der Waals surface area contributed by atoms with Gasteiger partial charge in [0.25, 0.3) is 0 Å². The topological polar surface area (TPSA) is 55.1 Å². The Morgan fingerprint density at radius 1 is 0.931 bits per heavy atom. The molecule has 1 aromatic heterocycles. The molecule has 29 heavy (non-hydrogen) atoms. The fourth-order valence-corrected chi connectivity index (χ4v) is 2.75. The normalized spacial score (nSPS) is 12.2. The van der Waals surface area contributed by atoms with Crippen molar-refractivity contribution < 1.29 is 36.2 Å². The zero-order chi connectivity index (χ0) is 21.6. The van der Waals surface area contributed by atoms with E-state index in [1.54, 1.807) is 0 Å². The highest BCUT2D eigenvalue weighted by Gasteiger charge is 2.37. The van der Waals surface area contributed by atoms with Crippen LogP contribution in [-0.4, -0.2) is 20.9 Å². The van der Waals surface area contributed by atoms with Gasteiger partial charge in [0, 0.05) is 10.6 Å². The van der Waals surface area contributed by atoms with E-state index in [2.05, 4.69) is 4.98 Å². The maximum Gasteiger partial charge on any atom is 0.416 e. The van der Waals surface area contributed by atoms with E-state index in [0.717, 1.165) is 4.57 Å². The predicted octanol–water partition coefficient (Wildman–Crippen LogP) is 5.75. The Morgan fingerprint density at radius 2 is 1.45 bits per heavy atom. The van der Waals surface area contributed by atoms with Crippen LogP contribution in [0.15, 0.2) is 42.5 Å². The monoisotopic (exact) mass is 434 g/mol. The summed E-state index contributed by atoms with van der Waals surface area (Å²) in [5.74, 6) is -1.23. The molecule has 3 rings (SSSR count). The average molecular weight is 435 g/mol. The summed E-state index contributed by atoms with van der Waals surface area (Å²) in [5.41, 5.74) is -4.14. The molecule has 4 nitrogen and oxygen atoms in total. The first-order valence-electron chi connectivity index (χ1n) is 7.74. The first-order chi connectivity index (χ1) is 13.4. The van der Waals surface area contributed by atoms with Crippen LogP contribution in [0.2, 0.25) is 5.02 Å². The zero-order valence-corrected chi connectivity index (χ0v) is 14.8. The lowest BCUT2D eigenvalue weighted by atomic mass is 10.0. The lowest BCUT2D eigenvalue weighted by molar-refractivity contribution is -0.143. The molecule has 0 aliphatic heterocycles. The third-order valence-corrected chi connectivity index (χ3v) is 4.17. The lowest BCUT2D eigenvalue weighted by Crippen LogP contribution is -2.11. The van der Waals surface area contributed by atoms with Crippen LogP contribution in [0, 0.1) is 0 Å². The largest absolute Gasteiger partial charge is 0.493 e. The van der Waals surface area contributed by atoms with Crippen LogP contribution in [-0.2, 0) is 12.4 Å². The van der Waals surface area contributed by atoms with Crippen LogP contribution in [0.3, 0.4) is 0 Å². The number of aromatic nitrogens is 2. The number of nitrogens with zero attached hydrogens (tertiary/aromatic N) is 2. The molecule has 0 amide bonds. The number of alkyl halides is 6. The molecular weight excluding hydrogens is 426 g/mol. The van der Waals surface area contributed by atoms with Crippen LogP contribution in [0.5, 0.6) is 5.88 Å². The number of imidazole rings is 1. The Labute approximate surface area is 164 Å². The van der Waals surface area contributed by atoms with E-state index in [4.69, 9.17) is 11.6 Å². The molecule has 0 saturated carbocycles. The number of carbonyl (C=O) groups excluding carboxylic acids is 1. The molecule has 0 spiro atoms. The second kappa shape index (κ2) is 7.11. The van der Waals surface area contributed by atoms with E-state index < -0.39 is 46.4 Å². The maximum atomic E-state index is 13.2. The maximum absolute atomic E-state index is 13.2. The van der Waals surface area contributed by atoms with Gasteiger partial charge < -0.3 is 5.11 Å². The summed E-state index contributed by atoms with van der Waals surface area (Å²) in [6.07, 6.45) is -10.0. The highest BCUT2D eigenvalue weighted by atomic mass is 35.5. The second-order valence-electron chi connectivity index (χ2n) is 5.87. The van der Waals surface area contributed by atoms with Gasteiger partial charge in [-0.1, -0.05) is 11.6 Å². The number of halogens is 7. The summed E-state index contributed by atoms with van der Waals surface area (Å²) in [6.45, 7) is 0. The SMILES string of the molecule is O=Cc1nc(-c2cc(C(F)(F)F)cc(C(F)(F)F)c2)n(-c2ccc(Cl)cc2)c1O. The summed E-state index contributed by atoms with van der Waals surface area (Å²) in [6, 6.07) is 6.34. The van der Waals surface area contributed by atoms with Crippen molar-refractivity contribution in [2.75, 3.05) is 0 Å². The van der Waals surface area contributed by atoms with E-state index in [9.17, 15) is 36.2 Å². The molecular formula is C18H9ClF6N2O2. The number of aldehydes is 1. The van der Waals surface area contributed by atoms with E-state index in [1.807, 2.05) is 0 Å². The van der Waals surface area contributed by atoms with E-state index >= 15 is 0 Å². The van der Waals surface area contributed by atoms with E-state index in [0.29, 0.717) is 17.2 Å². The van der Waals surface area contributed by atoms with Crippen LogP contribution in [0.1, 0.15) is 21.6 Å². The van der Waals surface area contributed by atoms with Gasteiger partial charge in [0.2, 0.25) is 5.88 Å². The molecule has 0 saturated heterocycles. The predicted molar refractivity (Wildman–Crippen MR) is 91.1 cm³/mol. The van der Waals surface area contributed by atoms with Crippen molar-refractivity contribution in [3.05, 3.63) is 64.3 Å². The summed E-state index contributed by atoms with van der Waals surface area (Å²) in [7, 11) is 0. The molecule has 0 aliphatic rings. The van der Waals surface area contributed by atoms with Gasteiger partial charge in [-0.3, -0.25) is 9.36 Å². The molecule has 0 aliphatic carbocycles. The molecule has 2 aromatic carbocycles. The molecule has 1 N–H and O–H groups in total. The molecule has 3 aromatic rings. The smallest absolute Gasteiger partial charge is 0.416 e. The van der Waals surface area contributed by atoms with Crippen molar-refractivity contribution in [2.24, 2.45) is 0 Å². The van der Waals surface area contributed by atoms with Crippen LogP contribution < -0.4 is 0 Å². The molecule has 0 fully saturated rings. The Hall–Kier alpha value is -3.01. The molecule has 0 bridgehead atoms. The van der Waals surface area contributed by atoms with Crippen molar-refractivity contribution in [1.29, 1.82) is 0 Å². The first-order valence-corrected chi connectivity index (χ1v) is 8.12. The Morgan fingerprint density at radius 3 is 1.90 bits per heavy atom. The van der Waals surface area contributed by atoms with Gasteiger partial charge in [-0.15, -0.1) is 0 Å². The third-order valence-electron chi connectivity index (χ3n) is 3.92. The van der Waals surface area contributed by atoms with Crippen molar-refractivity contribution in [3.8, 4) is 23.0 Å². The van der Waals surface area contributed by atoms with Gasteiger partial charge in [-0.2, -0.15) is 26.3 Å². The van der Waals surface area contributed by atoms with Crippen LogP contribution in [0.25, 0.3) is 17.1 Å².